The molecule has 0 aliphatic rings. The highest BCUT2D eigenvalue weighted by atomic mass is 35.5. The fourth-order valence-corrected chi connectivity index (χ4v) is 3.05. The van der Waals surface area contributed by atoms with Crippen LogP contribution in [0.5, 0.6) is 0 Å². The molecule has 1 atom stereocenters. The fraction of sp³-hybridized carbons (Fsp3) is 0.286. The molecule has 2 aromatic rings. The van der Waals surface area contributed by atoms with Gasteiger partial charge in [0.1, 0.15) is 6.42 Å². The van der Waals surface area contributed by atoms with Gasteiger partial charge in [-0.05, 0) is 41.3 Å². The van der Waals surface area contributed by atoms with Crippen LogP contribution in [0, 0.1) is 6.92 Å². The van der Waals surface area contributed by atoms with Gasteiger partial charge in [0.25, 0.3) is 0 Å². The van der Waals surface area contributed by atoms with Crippen LogP contribution >= 0.6 is 11.6 Å². The molecule has 0 bridgehead atoms. The number of rotatable bonds is 6. The van der Waals surface area contributed by atoms with Gasteiger partial charge in [-0.2, -0.15) is 26.3 Å². The lowest BCUT2D eigenvalue weighted by Gasteiger charge is -2.18. The molecule has 0 aliphatic heterocycles. The highest BCUT2D eigenvalue weighted by Gasteiger charge is 2.39. The lowest BCUT2D eigenvalue weighted by Crippen LogP contribution is -2.28. The second-order valence-electron chi connectivity index (χ2n) is 6.75. The SMILES string of the molecule is Cc1cc(Cl)cc(C(/C=C/c2ccc(CNC(=O)CC(F)(F)F)cc2)C(F)(F)F)c1. The standard InChI is InChI=1S/C21H18ClF6NO/c1-13-8-16(10-17(22)9-13)18(21(26,27)28)7-6-14-2-4-15(5-3-14)12-29-19(30)11-20(23,24)25/h2-10,18H,11-12H2,1H3,(H,29,30)/b7-6+. The van der Waals surface area contributed by atoms with Gasteiger partial charge in [-0.3, -0.25) is 4.79 Å². The average Bonchev–Trinajstić information content (AvgIpc) is 2.57. The topological polar surface area (TPSA) is 29.1 Å². The zero-order chi connectivity index (χ0) is 22.5. The first-order valence-corrected chi connectivity index (χ1v) is 9.16. The summed E-state index contributed by atoms with van der Waals surface area (Å²) >= 11 is 5.88. The smallest absolute Gasteiger partial charge is 0.352 e. The predicted octanol–water partition coefficient (Wildman–Crippen LogP) is 6.58. The van der Waals surface area contributed by atoms with E-state index in [0.29, 0.717) is 16.7 Å². The van der Waals surface area contributed by atoms with E-state index in [1.807, 2.05) is 0 Å². The Morgan fingerprint density at radius 1 is 1.07 bits per heavy atom. The first kappa shape index (κ1) is 23.8. The lowest BCUT2D eigenvalue weighted by molar-refractivity contribution is -0.153. The van der Waals surface area contributed by atoms with Crippen molar-refractivity contribution >= 4 is 23.6 Å². The van der Waals surface area contributed by atoms with Crippen molar-refractivity contribution in [2.75, 3.05) is 0 Å². The maximum Gasteiger partial charge on any atom is 0.399 e. The third kappa shape index (κ3) is 7.74. The molecule has 2 nitrogen and oxygen atoms in total. The van der Waals surface area contributed by atoms with E-state index in [1.165, 1.54) is 42.5 Å². The first-order valence-electron chi connectivity index (χ1n) is 8.78. The zero-order valence-electron chi connectivity index (χ0n) is 15.7. The molecule has 162 valence electrons. The molecule has 0 aromatic heterocycles. The van der Waals surface area contributed by atoms with Crippen molar-refractivity contribution in [3.05, 3.63) is 75.8 Å². The number of carbonyl (C=O) groups excluding carboxylic acids is 1. The van der Waals surface area contributed by atoms with E-state index in [9.17, 15) is 31.1 Å². The van der Waals surface area contributed by atoms with Crippen LogP contribution in [-0.2, 0) is 11.3 Å². The van der Waals surface area contributed by atoms with Gasteiger partial charge < -0.3 is 5.32 Å². The van der Waals surface area contributed by atoms with E-state index in [-0.39, 0.29) is 17.1 Å². The summed E-state index contributed by atoms with van der Waals surface area (Å²) in [6, 6.07) is 10.3. The average molecular weight is 450 g/mol. The number of allylic oxidation sites excluding steroid dienone is 1. The van der Waals surface area contributed by atoms with Gasteiger partial charge in [-0.1, -0.05) is 54.1 Å². The molecule has 2 rings (SSSR count). The Morgan fingerprint density at radius 2 is 1.70 bits per heavy atom. The number of benzene rings is 2. The largest absolute Gasteiger partial charge is 0.399 e. The summed E-state index contributed by atoms with van der Waals surface area (Å²) in [5.41, 5.74) is 1.61. The summed E-state index contributed by atoms with van der Waals surface area (Å²) in [6.07, 6.45) is -8.35. The molecule has 30 heavy (non-hydrogen) atoms. The van der Waals surface area contributed by atoms with Crippen LogP contribution in [0.1, 0.15) is 34.6 Å². The first-order chi connectivity index (χ1) is 13.8. The van der Waals surface area contributed by atoms with Crippen LogP contribution in [0.4, 0.5) is 26.3 Å². The molecule has 0 saturated heterocycles. The highest BCUT2D eigenvalue weighted by Crippen LogP contribution is 2.37. The fourth-order valence-electron chi connectivity index (χ4n) is 2.75. The van der Waals surface area contributed by atoms with Crippen molar-refractivity contribution in [1.82, 2.24) is 5.32 Å². The molecule has 2 aromatic carbocycles. The Morgan fingerprint density at radius 3 is 2.23 bits per heavy atom. The normalized spacial score (nSPS) is 13.5. The Labute approximate surface area is 174 Å². The molecule has 0 fully saturated rings. The number of amides is 1. The number of nitrogens with one attached hydrogen (secondary N) is 1. The summed E-state index contributed by atoms with van der Waals surface area (Å²) in [5.74, 6) is -3.01. The van der Waals surface area contributed by atoms with E-state index in [4.69, 9.17) is 11.6 Å². The van der Waals surface area contributed by atoms with Crippen LogP contribution in [0.3, 0.4) is 0 Å². The van der Waals surface area contributed by atoms with E-state index in [0.717, 1.165) is 6.08 Å². The molecule has 0 spiro atoms. The highest BCUT2D eigenvalue weighted by molar-refractivity contribution is 6.30. The summed E-state index contributed by atoms with van der Waals surface area (Å²) in [7, 11) is 0. The van der Waals surface area contributed by atoms with Gasteiger partial charge in [-0.15, -0.1) is 0 Å². The Balaban J connectivity index is 2.09. The van der Waals surface area contributed by atoms with Gasteiger partial charge in [-0.25, -0.2) is 0 Å². The Hall–Kier alpha value is -2.48. The summed E-state index contributed by atoms with van der Waals surface area (Å²) < 4.78 is 76.9. The Kier molecular flexibility index (Phi) is 7.58. The second kappa shape index (κ2) is 9.55. The van der Waals surface area contributed by atoms with Crippen molar-refractivity contribution in [1.29, 1.82) is 0 Å². The number of aryl methyl sites for hydroxylation is 1. The monoisotopic (exact) mass is 449 g/mol. The van der Waals surface area contributed by atoms with Gasteiger partial charge in [0, 0.05) is 11.6 Å². The third-order valence-corrected chi connectivity index (χ3v) is 4.31. The molecular weight excluding hydrogens is 432 g/mol. The van der Waals surface area contributed by atoms with Gasteiger partial charge in [0.2, 0.25) is 5.91 Å². The zero-order valence-corrected chi connectivity index (χ0v) is 16.5. The molecule has 9 heteroatoms. The maximum atomic E-state index is 13.5. The number of alkyl halides is 6. The van der Waals surface area contributed by atoms with E-state index >= 15 is 0 Å². The van der Waals surface area contributed by atoms with Crippen molar-refractivity contribution in [3.8, 4) is 0 Å². The number of hydrogen-bond donors (Lipinski definition) is 1. The van der Waals surface area contributed by atoms with Crippen molar-refractivity contribution < 1.29 is 31.1 Å². The molecule has 1 unspecified atom stereocenters. The third-order valence-electron chi connectivity index (χ3n) is 4.09. The summed E-state index contributed by atoms with van der Waals surface area (Å²) in [5, 5.41) is 2.35. The minimum absolute atomic E-state index is 0.0211. The van der Waals surface area contributed by atoms with E-state index < -0.39 is 30.6 Å². The maximum absolute atomic E-state index is 13.5. The number of hydrogen-bond acceptors (Lipinski definition) is 1. The van der Waals surface area contributed by atoms with Crippen LogP contribution in [-0.4, -0.2) is 18.3 Å². The van der Waals surface area contributed by atoms with Crippen molar-refractivity contribution in [2.45, 2.75) is 38.2 Å². The lowest BCUT2D eigenvalue weighted by atomic mass is 9.95. The molecule has 0 heterocycles. The number of carbonyl (C=O) groups is 1. The molecule has 1 N–H and O–H groups in total. The second-order valence-corrected chi connectivity index (χ2v) is 7.19. The van der Waals surface area contributed by atoms with E-state index in [2.05, 4.69) is 5.32 Å². The van der Waals surface area contributed by atoms with Crippen LogP contribution in [0.25, 0.3) is 6.08 Å². The van der Waals surface area contributed by atoms with E-state index in [1.54, 1.807) is 13.0 Å². The van der Waals surface area contributed by atoms with Crippen molar-refractivity contribution in [3.63, 3.8) is 0 Å². The molecule has 0 aliphatic carbocycles. The van der Waals surface area contributed by atoms with Gasteiger partial charge >= 0.3 is 12.4 Å². The quantitative estimate of drug-likeness (QED) is 0.496. The molecular formula is C21H18ClF6NO. The molecule has 1 amide bonds. The van der Waals surface area contributed by atoms with Gasteiger partial charge in [0.15, 0.2) is 0 Å². The summed E-state index contributed by atoms with van der Waals surface area (Å²) in [4.78, 5) is 11.2. The molecule has 0 saturated carbocycles. The molecule has 0 radical (unpaired) electrons. The van der Waals surface area contributed by atoms with Gasteiger partial charge in [0.05, 0.1) is 5.92 Å². The number of halogens is 7. The Bertz CT molecular complexity index is 883. The van der Waals surface area contributed by atoms with Crippen LogP contribution in [0.15, 0.2) is 48.5 Å². The minimum Gasteiger partial charge on any atom is -0.352 e. The van der Waals surface area contributed by atoms with Crippen molar-refractivity contribution in [2.24, 2.45) is 0 Å². The van der Waals surface area contributed by atoms with Crippen LogP contribution < -0.4 is 5.32 Å². The summed E-state index contributed by atoms with van der Waals surface area (Å²) in [6.45, 7) is 1.53. The predicted molar refractivity (Wildman–Crippen MR) is 103 cm³/mol. The van der Waals surface area contributed by atoms with Crippen LogP contribution in [0.2, 0.25) is 5.02 Å². The minimum atomic E-state index is -4.59.